The summed E-state index contributed by atoms with van der Waals surface area (Å²) >= 11 is 1.30. The van der Waals surface area contributed by atoms with Crippen LogP contribution >= 0.6 is 11.3 Å². The number of rotatable bonds is 5. The molecule has 0 aliphatic carbocycles. The molecule has 0 atom stereocenters. The first-order valence-electron chi connectivity index (χ1n) is 8.31. The lowest BCUT2D eigenvalue weighted by Crippen LogP contribution is -2.22. The molecule has 3 aromatic rings. The fraction of sp³-hybridized carbons (Fsp3) is 0.333. The minimum absolute atomic E-state index is 0.0463. The van der Waals surface area contributed by atoms with Crippen molar-refractivity contribution in [3.05, 3.63) is 41.0 Å². The van der Waals surface area contributed by atoms with E-state index >= 15 is 0 Å². The Morgan fingerprint density at radius 1 is 1.26 bits per heavy atom. The molecule has 2 aromatic heterocycles. The minimum atomic E-state index is -0.466. The number of thiazole rings is 1. The topological polar surface area (TPSA) is 87.7 Å². The fourth-order valence-electron chi connectivity index (χ4n) is 2.50. The Labute approximate surface area is 159 Å². The normalized spacial score (nSPS) is 12.0. The number of nitrogens with zero attached hydrogens (tertiary/aromatic N) is 4. The van der Waals surface area contributed by atoms with Gasteiger partial charge in [0.15, 0.2) is 10.5 Å². The van der Waals surface area contributed by atoms with Gasteiger partial charge in [-0.3, -0.25) is 14.3 Å². The SMILES string of the molecule is COC(=O)Cn1c(=NC(=O)c2ccn(C(C)C)n2)sc2cc(OC)ccc21. The van der Waals surface area contributed by atoms with Crippen LogP contribution in [0.4, 0.5) is 0 Å². The first-order valence-corrected chi connectivity index (χ1v) is 9.13. The van der Waals surface area contributed by atoms with Gasteiger partial charge in [0, 0.05) is 12.2 Å². The highest BCUT2D eigenvalue weighted by Crippen LogP contribution is 2.23. The number of carbonyl (C=O) groups excluding carboxylic acids is 2. The van der Waals surface area contributed by atoms with Crippen molar-refractivity contribution >= 4 is 33.4 Å². The number of benzene rings is 1. The van der Waals surface area contributed by atoms with Crippen molar-refractivity contribution in [2.24, 2.45) is 4.99 Å². The van der Waals surface area contributed by atoms with Crippen LogP contribution in [0.15, 0.2) is 35.5 Å². The largest absolute Gasteiger partial charge is 0.497 e. The van der Waals surface area contributed by atoms with E-state index in [9.17, 15) is 9.59 Å². The quantitative estimate of drug-likeness (QED) is 0.627. The Morgan fingerprint density at radius 2 is 2.04 bits per heavy atom. The van der Waals surface area contributed by atoms with Crippen molar-refractivity contribution in [3.8, 4) is 5.75 Å². The molecule has 0 unspecified atom stereocenters. The molecule has 8 nitrogen and oxygen atoms in total. The summed E-state index contributed by atoms with van der Waals surface area (Å²) in [6.45, 7) is 3.90. The number of methoxy groups -OCH3 is 2. The first-order chi connectivity index (χ1) is 12.9. The molecule has 0 saturated carbocycles. The van der Waals surface area contributed by atoms with Crippen LogP contribution in [0.25, 0.3) is 10.2 Å². The lowest BCUT2D eigenvalue weighted by atomic mass is 10.3. The molecule has 142 valence electrons. The summed E-state index contributed by atoms with van der Waals surface area (Å²) in [7, 11) is 2.90. The Kier molecular flexibility index (Phi) is 5.41. The Hall–Kier alpha value is -2.94. The number of hydrogen-bond acceptors (Lipinski definition) is 6. The zero-order valence-corrected chi connectivity index (χ0v) is 16.3. The summed E-state index contributed by atoms with van der Waals surface area (Å²) in [5, 5.41) is 4.25. The van der Waals surface area contributed by atoms with Gasteiger partial charge in [-0.1, -0.05) is 11.3 Å². The predicted molar refractivity (Wildman–Crippen MR) is 101 cm³/mol. The zero-order chi connectivity index (χ0) is 19.6. The zero-order valence-electron chi connectivity index (χ0n) is 15.5. The highest BCUT2D eigenvalue weighted by atomic mass is 32.1. The second kappa shape index (κ2) is 7.75. The molecule has 0 spiro atoms. The Bertz CT molecular complexity index is 1060. The molecule has 0 N–H and O–H groups in total. The maximum absolute atomic E-state index is 12.6. The molecular formula is C18H20N4O4S. The summed E-state index contributed by atoms with van der Waals surface area (Å²) in [6, 6.07) is 7.23. The van der Waals surface area contributed by atoms with Crippen LogP contribution in [-0.4, -0.2) is 40.4 Å². The van der Waals surface area contributed by atoms with E-state index < -0.39 is 11.9 Å². The maximum atomic E-state index is 12.6. The Morgan fingerprint density at radius 3 is 2.67 bits per heavy atom. The molecule has 1 amide bonds. The van der Waals surface area contributed by atoms with Crippen LogP contribution in [0, 0.1) is 0 Å². The van der Waals surface area contributed by atoms with Gasteiger partial charge in [0.05, 0.1) is 24.4 Å². The molecule has 1 aromatic carbocycles. The van der Waals surface area contributed by atoms with E-state index in [0.29, 0.717) is 10.6 Å². The van der Waals surface area contributed by atoms with E-state index in [2.05, 4.69) is 10.1 Å². The number of amides is 1. The third-order valence-corrected chi connectivity index (χ3v) is 5.00. The van der Waals surface area contributed by atoms with E-state index in [-0.39, 0.29) is 18.3 Å². The molecule has 0 radical (unpaired) electrons. The van der Waals surface area contributed by atoms with E-state index in [1.54, 1.807) is 34.7 Å². The Balaban J connectivity index is 2.09. The van der Waals surface area contributed by atoms with E-state index in [0.717, 1.165) is 10.2 Å². The van der Waals surface area contributed by atoms with Crippen LogP contribution in [0.5, 0.6) is 5.75 Å². The lowest BCUT2D eigenvalue weighted by Gasteiger charge is -2.04. The maximum Gasteiger partial charge on any atom is 0.325 e. The van der Waals surface area contributed by atoms with Crippen LogP contribution in [0.2, 0.25) is 0 Å². The lowest BCUT2D eigenvalue weighted by molar-refractivity contribution is -0.141. The van der Waals surface area contributed by atoms with Gasteiger partial charge in [-0.05, 0) is 38.1 Å². The second-order valence-electron chi connectivity index (χ2n) is 6.07. The van der Waals surface area contributed by atoms with Crippen molar-refractivity contribution in [1.82, 2.24) is 14.3 Å². The number of aromatic nitrogens is 3. The molecule has 0 fully saturated rings. The molecule has 27 heavy (non-hydrogen) atoms. The molecule has 0 bridgehead atoms. The number of esters is 1. The summed E-state index contributed by atoms with van der Waals surface area (Å²) in [4.78, 5) is 29.0. The molecule has 3 rings (SSSR count). The summed E-state index contributed by atoms with van der Waals surface area (Å²) in [5.74, 6) is -0.211. The average Bonchev–Trinajstić information content (AvgIpc) is 3.27. The van der Waals surface area contributed by atoms with Gasteiger partial charge in [0.2, 0.25) is 0 Å². The molecule has 0 aliphatic heterocycles. The highest BCUT2D eigenvalue weighted by Gasteiger charge is 2.14. The predicted octanol–water partition coefficient (Wildman–Crippen LogP) is 2.40. The third kappa shape index (κ3) is 3.92. The van der Waals surface area contributed by atoms with Crippen molar-refractivity contribution in [2.75, 3.05) is 14.2 Å². The van der Waals surface area contributed by atoms with Crippen LogP contribution < -0.4 is 9.54 Å². The standard InChI is InChI=1S/C18H20N4O4S/c1-11(2)22-8-7-13(20-22)17(24)19-18-21(10-16(23)26-4)14-6-5-12(25-3)9-15(14)27-18/h5-9,11H,10H2,1-4H3. The van der Waals surface area contributed by atoms with Crippen LogP contribution in [0.3, 0.4) is 0 Å². The van der Waals surface area contributed by atoms with Crippen LogP contribution in [-0.2, 0) is 16.1 Å². The van der Waals surface area contributed by atoms with Gasteiger partial charge >= 0.3 is 5.97 Å². The van der Waals surface area contributed by atoms with Crippen LogP contribution in [0.1, 0.15) is 30.4 Å². The van der Waals surface area contributed by atoms with Crippen molar-refractivity contribution in [3.63, 3.8) is 0 Å². The van der Waals surface area contributed by atoms with Gasteiger partial charge in [0.1, 0.15) is 12.3 Å². The number of hydrogen-bond donors (Lipinski definition) is 0. The smallest absolute Gasteiger partial charge is 0.325 e. The van der Waals surface area contributed by atoms with E-state index in [4.69, 9.17) is 9.47 Å². The fourth-order valence-corrected chi connectivity index (χ4v) is 3.55. The van der Waals surface area contributed by atoms with E-state index in [1.807, 2.05) is 26.0 Å². The summed E-state index contributed by atoms with van der Waals surface area (Å²) in [6.07, 6.45) is 1.74. The van der Waals surface area contributed by atoms with Gasteiger partial charge in [0.25, 0.3) is 5.91 Å². The van der Waals surface area contributed by atoms with Gasteiger partial charge < -0.3 is 14.0 Å². The summed E-state index contributed by atoms with van der Waals surface area (Å²) in [5.41, 5.74) is 1.02. The van der Waals surface area contributed by atoms with Crippen molar-refractivity contribution < 1.29 is 19.1 Å². The molecule has 0 saturated heterocycles. The molecular weight excluding hydrogens is 368 g/mol. The van der Waals surface area contributed by atoms with Gasteiger partial charge in [-0.25, -0.2) is 0 Å². The monoisotopic (exact) mass is 388 g/mol. The third-order valence-electron chi connectivity index (χ3n) is 3.96. The molecule has 2 heterocycles. The van der Waals surface area contributed by atoms with Crippen molar-refractivity contribution in [2.45, 2.75) is 26.4 Å². The van der Waals surface area contributed by atoms with E-state index in [1.165, 1.54) is 18.4 Å². The number of ether oxygens (including phenoxy) is 2. The van der Waals surface area contributed by atoms with Gasteiger partial charge in [-0.15, -0.1) is 0 Å². The molecule has 9 heteroatoms. The number of fused-ring (bicyclic) bond motifs is 1. The number of carbonyl (C=O) groups is 2. The summed E-state index contributed by atoms with van der Waals surface area (Å²) < 4.78 is 14.2. The van der Waals surface area contributed by atoms with Crippen molar-refractivity contribution in [1.29, 1.82) is 0 Å². The minimum Gasteiger partial charge on any atom is -0.497 e. The molecule has 0 aliphatic rings. The highest BCUT2D eigenvalue weighted by molar-refractivity contribution is 7.16. The van der Waals surface area contributed by atoms with Gasteiger partial charge in [-0.2, -0.15) is 10.1 Å². The first kappa shape index (κ1) is 18.8. The average molecular weight is 388 g/mol. The second-order valence-corrected chi connectivity index (χ2v) is 7.08.